The van der Waals surface area contributed by atoms with E-state index < -0.39 is 0 Å². The van der Waals surface area contributed by atoms with Crippen molar-refractivity contribution in [1.82, 2.24) is 25.6 Å². The first-order valence-corrected chi connectivity index (χ1v) is 6.38. The SMILES string of the molecule is CC(C)(C)N1CCC(NC(=O)c2cn[nH]n2)CC1. The Balaban J connectivity index is 1.82. The number of nitrogens with zero attached hydrogens (tertiary/aromatic N) is 3. The third kappa shape index (κ3) is 3.07. The standard InChI is InChI=1S/C12H21N5O/c1-12(2,3)17-6-4-9(5-7-17)14-11(18)10-8-13-16-15-10/h8-9H,4-7H2,1-3H3,(H,14,18)(H,13,15,16). The van der Waals surface area contributed by atoms with Crippen molar-refractivity contribution in [1.29, 1.82) is 0 Å². The maximum Gasteiger partial charge on any atom is 0.273 e. The summed E-state index contributed by atoms with van der Waals surface area (Å²) in [5.74, 6) is -0.141. The highest BCUT2D eigenvalue weighted by Gasteiger charge is 2.27. The molecule has 2 N–H and O–H groups in total. The Labute approximate surface area is 107 Å². The summed E-state index contributed by atoms with van der Waals surface area (Å²) in [5.41, 5.74) is 0.564. The van der Waals surface area contributed by atoms with Crippen LogP contribution in [0.15, 0.2) is 6.20 Å². The van der Waals surface area contributed by atoms with Crippen LogP contribution in [0.25, 0.3) is 0 Å². The van der Waals surface area contributed by atoms with Gasteiger partial charge in [0.1, 0.15) is 0 Å². The summed E-state index contributed by atoms with van der Waals surface area (Å²) < 4.78 is 0. The van der Waals surface area contributed by atoms with Gasteiger partial charge in [0.15, 0.2) is 5.69 Å². The number of carbonyl (C=O) groups excluding carboxylic acids is 1. The molecule has 100 valence electrons. The Bertz CT molecular complexity index is 387. The molecule has 0 aliphatic carbocycles. The fourth-order valence-electron chi connectivity index (χ4n) is 2.26. The van der Waals surface area contributed by atoms with Gasteiger partial charge in [0.05, 0.1) is 6.20 Å². The van der Waals surface area contributed by atoms with Gasteiger partial charge in [-0.1, -0.05) is 0 Å². The zero-order chi connectivity index (χ0) is 13.2. The molecule has 0 saturated carbocycles. The number of rotatable bonds is 2. The topological polar surface area (TPSA) is 73.9 Å². The molecule has 2 rings (SSSR count). The van der Waals surface area contributed by atoms with E-state index in [1.807, 2.05) is 0 Å². The van der Waals surface area contributed by atoms with E-state index >= 15 is 0 Å². The summed E-state index contributed by atoms with van der Waals surface area (Å²) in [7, 11) is 0. The van der Waals surface area contributed by atoms with Crippen molar-refractivity contribution in [2.75, 3.05) is 13.1 Å². The number of piperidine rings is 1. The number of nitrogens with one attached hydrogen (secondary N) is 2. The lowest BCUT2D eigenvalue weighted by molar-refractivity contribution is 0.0809. The predicted octanol–water partition coefficient (Wildman–Crippen LogP) is 0.797. The number of aromatic nitrogens is 3. The highest BCUT2D eigenvalue weighted by molar-refractivity contribution is 5.91. The summed E-state index contributed by atoms with van der Waals surface area (Å²) >= 11 is 0. The highest BCUT2D eigenvalue weighted by Crippen LogP contribution is 2.20. The molecule has 1 aliphatic heterocycles. The number of hydrogen-bond donors (Lipinski definition) is 2. The molecule has 1 saturated heterocycles. The molecule has 1 fully saturated rings. The molecule has 0 radical (unpaired) electrons. The second-order valence-electron chi connectivity index (χ2n) is 5.76. The summed E-state index contributed by atoms with van der Waals surface area (Å²) in [4.78, 5) is 14.3. The van der Waals surface area contributed by atoms with Gasteiger partial charge < -0.3 is 5.32 Å². The number of carbonyl (C=O) groups is 1. The average molecular weight is 251 g/mol. The predicted molar refractivity (Wildman–Crippen MR) is 68.2 cm³/mol. The van der Waals surface area contributed by atoms with E-state index in [2.05, 4.69) is 46.4 Å². The Morgan fingerprint density at radius 1 is 1.44 bits per heavy atom. The van der Waals surface area contributed by atoms with Crippen LogP contribution in [0, 0.1) is 0 Å². The van der Waals surface area contributed by atoms with Crippen LogP contribution in [0.5, 0.6) is 0 Å². The van der Waals surface area contributed by atoms with Gasteiger partial charge >= 0.3 is 0 Å². The minimum atomic E-state index is -0.141. The van der Waals surface area contributed by atoms with Crippen molar-refractivity contribution < 1.29 is 4.79 Å². The summed E-state index contributed by atoms with van der Waals surface area (Å²) in [6, 6.07) is 0.243. The third-order valence-corrected chi connectivity index (χ3v) is 3.43. The van der Waals surface area contributed by atoms with Crippen LogP contribution >= 0.6 is 0 Å². The molecule has 6 nitrogen and oxygen atoms in total. The molecule has 1 aromatic rings. The first-order valence-electron chi connectivity index (χ1n) is 6.38. The lowest BCUT2D eigenvalue weighted by atomic mass is 9.98. The molecule has 0 bridgehead atoms. The van der Waals surface area contributed by atoms with Crippen molar-refractivity contribution in [3.8, 4) is 0 Å². The minimum absolute atomic E-state index is 0.141. The first kappa shape index (κ1) is 13.0. The fourth-order valence-corrected chi connectivity index (χ4v) is 2.26. The van der Waals surface area contributed by atoms with Gasteiger partial charge in [0.2, 0.25) is 0 Å². The zero-order valence-electron chi connectivity index (χ0n) is 11.2. The maximum atomic E-state index is 11.8. The van der Waals surface area contributed by atoms with Crippen LogP contribution in [-0.4, -0.2) is 50.9 Å². The maximum absolute atomic E-state index is 11.8. The monoisotopic (exact) mass is 251 g/mol. The van der Waals surface area contributed by atoms with Crippen LogP contribution in [0.2, 0.25) is 0 Å². The third-order valence-electron chi connectivity index (χ3n) is 3.43. The highest BCUT2D eigenvalue weighted by atomic mass is 16.2. The van der Waals surface area contributed by atoms with Crippen LogP contribution in [0.4, 0.5) is 0 Å². The normalized spacial score (nSPS) is 18.8. The van der Waals surface area contributed by atoms with E-state index in [1.54, 1.807) is 0 Å². The Morgan fingerprint density at radius 3 is 2.61 bits per heavy atom. The second-order valence-corrected chi connectivity index (χ2v) is 5.76. The fraction of sp³-hybridized carbons (Fsp3) is 0.750. The summed E-state index contributed by atoms with van der Waals surface area (Å²) in [6.07, 6.45) is 3.42. The minimum Gasteiger partial charge on any atom is -0.348 e. The van der Waals surface area contributed by atoms with Crippen LogP contribution in [0.1, 0.15) is 44.1 Å². The molecular formula is C12H21N5O. The van der Waals surface area contributed by atoms with E-state index in [9.17, 15) is 4.79 Å². The number of amides is 1. The summed E-state index contributed by atoms with van der Waals surface area (Å²) in [6.45, 7) is 8.71. The Kier molecular flexibility index (Phi) is 3.65. The lowest BCUT2D eigenvalue weighted by Gasteiger charge is -2.40. The summed E-state index contributed by atoms with van der Waals surface area (Å²) in [5, 5.41) is 12.9. The Hall–Kier alpha value is -1.43. The smallest absolute Gasteiger partial charge is 0.273 e. The number of hydrogen-bond acceptors (Lipinski definition) is 4. The van der Waals surface area contributed by atoms with Crippen LogP contribution in [0.3, 0.4) is 0 Å². The van der Waals surface area contributed by atoms with Gasteiger partial charge in [0.25, 0.3) is 5.91 Å². The van der Waals surface area contributed by atoms with Gasteiger partial charge in [-0.3, -0.25) is 9.69 Å². The molecule has 0 unspecified atom stereocenters. The molecule has 18 heavy (non-hydrogen) atoms. The van der Waals surface area contributed by atoms with Gasteiger partial charge in [0, 0.05) is 24.7 Å². The molecule has 0 aromatic carbocycles. The van der Waals surface area contributed by atoms with Gasteiger partial charge in [-0.25, -0.2) is 0 Å². The van der Waals surface area contributed by atoms with Crippen LogP contribution in [-0.2, 0) is 0 Å². The molecule has 0 spiro atoms. The molecule has 0 atom stereocenters. The molecule has 2 heterocycles. The van der Waals surface area contributed by atoms with E-state index in [0.29, 0.717) is 5.69 Å². The van der Waals surface area contributed by atoms with Crippen molar-refractivity contribution in [2.24, 2.45) is 0 Å². The van der Waals surface area contributed by atoms with Crippen molar-refractivity contribution >= 4 is 5.91 Å². The van der Waals surface area contributed by atoms with Crippen LogP contribution < -0.4 is 5.32 Å². The number of likely N-dealkylation sites (tertiary alicyclic amines) is 1. The van der Waals surface area contributed by atoms with E-state index in [-0.39, 0.29) is 17.5 Å². The second kappa shape index (κ2) is 5.06. The molecule has 1 amide bonds. The van der Waals surface area contributed by atoms with Crippen molar-refractivity contribution in [3.05, 3.63) is 11.9 Å². The van der Waals surface area contributed by atoms with E-state index in [4.69, 9.17) is 0 Å². The van der Waals surface area contributed by atoms with Gasteiger partial charge in [-0.05, 0) is 33.6 Å². The van der Waals surface area contributed by atoms with E-state index in [1.165, 1.54) is 6.20 Å². The largest absolute Gasteiger partial charge is 0.348 e. The zero-order valence-corrected chi connectivity index (χ0v) is 11.2. The molecule has 1 aromatic heterocycles. The first-order chi connectivity index (χ1) is 8.47. The lowest BCUT2D eigenvalue weighted by Crippen LogP contribution is -2.50. The number of H-pyrrole nitrogens is 1. The quantitative estimate of drug-likeness (QED) is 0.815. The van der Waals surface area contributed by atoms with E-state index in [0.717, 1.165) is 25.9 Å². The van der Waals surface area contributed by atoms with Gasteiger partial charge in [-0.2, -0.15) is 15.4 Å². The number of aromatic amines is 1. The van der Waals surface area contributed by atoms with Crippen molar-refractivity contribution in [3.63, 3.8) is 0 Å². The van der Waals surface area contributed by atoms with Gasteiger partial charge in [-0.15, -0.1) is 0 Å². The average Bonchev–Trinajstić information content (AvgIpc) is 2.82. The van der Waals surface area contributed by atoms with Crippen molar-refractivity contribution in [2.45, 2.75) is 45.2 Å². The molecule has 6 heteroatoms. The molecule has 1 aliphatic rings. The Morgan fingerprint density at radius 2 is 2.11 bits per heavy atom. The molecular weight excluding hydrogens is 230 g/mol.